The molecular weight excluding hydrogens is 246 g/mol. The summed E-state index contributed by atoms with van der Waals surface area (Å²) in [5, 5.41) is 6.14. The van der Waals surface area contributed by atoms with E-state index in [0.29, 0.717) is 5.41 Å². The highest BCUT2D eigenvalue weighted by atomic mass is 16.5. The van der Waals surface area contributed by atoms with Crippen LogP contribution in [-0.4, -0.2) is 26.8 Å². The molecule has 0 radical (unpaired) electrons. The van der Waals surface area contributed by atoms with Gasteiger partial charge in [0.05, 0.1) is 0 Å². The van der Waals surface area contributed by atoms with Gasteiger partial charge in [0.25, 0.3) is 0 Å². The summed E-state index contributed by atoms with van der Waals surface area (Å²) in [4.78, 5) is 0. The van der Waals surface area contributed by atoms with Crippen LogP contribution < -0.4 is 5.32 Å². The second-order valence-corrected chi connectivity index (χ2v) is 5.96. The first kappa shape index (κ1) is 13.6. The Hall–Kier alpha value is -1.38. The Balaban J connectivity index is 1.94. The van der Waals surface area contributed by atoms with Gasteiger partial charge in [-0.15, -0.1) is 0 Å². The van der Waals surface area contributed by atoms with Crippen molar-refractivity contribution in [1.82, 2.24) is 5.32 Å². The van der Waals surface area contributed by atoms with Crippen molar-refractivity contribution in [2.45, 2.75) is 19.3 Å². The fourth-order valence-electron chi connectivity index (χ4n) is 3.45. The van der Waals surface area contributed by atoms with Crippen LogP contribution in [0.3, 0.4) is 0 Å². The molecule has 1 heterocycles. The molecule has 1 aliphatic heterocycles. The maximum Gasteiger partial charge on any atom is 0.0471 e. The highest BCUT2D eigenvalue weighted by Crippen LogP contribution is 2.35. The summed E-state index contributed by atoms with van der Waals surface area (Å²) in [7, 11) is 2.06. The maximum atomic E-state index is 5.57. The lowest BCUT2D eigenvalue weighted by Crippen LogP contribution is -2.39. The van der Waals surface area contributed by atoms with E-state index >= 15 is 0 Å². The average molecular weight is 269 g/mol. The molecule has 0 saturated carbocycles. The number of rotatable bonds is 4. The van der Waals surface area contributed by atoms with Crippen LogP contribution in [0.1, 0.15) is 18.4 Å². The summed E-state index contributed by atoms with van der Waals surface area (Å²) in [5.41, 5.74) is 1.82. The van der Waals surface area contributed by atoms with Gasteiger partial charge in [0.2, 0.25) is 0 Å². The second-order valence-electron chi connectivity index (χ2n) is 5.96. The molecule has 2 aromatic rings. The highest BCUT2D eigenvalue weighted by Gasteiger charge is 2.32. The van der Waals surface area contributed by atoms with Crippen LogP contribution in [0.2, 0.25) is 0 Å². The Bertz CT molecular complexity index is 562. The zero-order valence-corrected chi connectivity index (χ0v) is 12.2. The fourth-order valence-corrected chi connectivity index (χ4v) is 3.45. The molecule has 106 valence electrons. The molecule has 1 fully saturated rings. The Morgan fingerprint density at radius 1 is 1.05 bits per heavy atom. The van der Waals surface area contributed by atoms with Crippen molar-refractivity contribution in [3.63, 3.8) is 0 Å². The van der Waals surface area contributed by atoms with Crippen molar-refractivity contribution in [2.75, 3.05) is 26.8 Å². The van der Waals surface area contributed by atoms with E-state index in [0.717, 1.165) is 39.0 Å². The van der Waals surface area contributed by atoms with Crippen molar-refractivity contribution < 1.29 is 4.74 Å². The van der Waals surface area contributed by atoms with Gasteiger partial charge in [0.15, 0.2) is 0 Å². The third-order valence-corrected chi connectivity index (χ3v) is 4.55. The zero-order valence-electron chi connectivity index (χ0n) is 12.2. The lowest BCUT2D eigenvalue weighted by Gasteiger charge is -2.37. The first-order valence-electron chi connectivity index (χ1n) is 7.52. The van der Waals surface area contributed by atoms with Crippen LogP contribution in [0.4, 0.5) is 0 Å². The van der Waals surface area contributed by atoms with E-state index in [9.17, 15) is 0 Å². The quantitative estimate of drug-likeness (QED) is 0.918. The number of hydrogen-bond donors (Lipinski definition) is 1. The van der Waals surface area contributed by atoms with Crippen LogP contribution in [0, 0.1) is 5.41 Å². The summed E-state index contributed by atoms with van der Waals surface area (Å²) in [6.45, 7) is 2.86. The standard InChI is InChI=1S/C18H23NO/c1-19-14-18(9-11-20-12-10-18)13-16-7-4-6-15-5-2-3-8-17(15)16/h2-8,19H,9-14H2,1H3. The van der Waals surface area contributed by atoms with Crippen LogP contribution in [0.25, 0.3) is 10.8 Å². The van der Waals surface area contributed by atoms with Crippen molar-refractivity contribution >= 4 is 10.8 Å². The van der Waals surface area contributed by atoms with Gasteiger partial charge >= 0.3 is 0 Å². The van der Waals surface area contributed by atoms with Crippen LogP contribution >= 0.6 is 0 Å². The molecular formula is C18H23NO. The smallest absolute Gasteiger partial charge is 0.0471 e. The minimum Gasteiger partial charge on any atom is -0.381 e. The molecule has 20 heavy (non-hydrogen) atoms. The van der Waals surface area contributed by atoms with E-state index in [-0.39, 0.29) is 0 Å². The van der Waals surface area contributed by atoms with Gasteiger partial charge in [-0.3, -0.25) is 0 Å². The molecule has 1 N–H and O–H groups in total. The highest BCUT2D eigenvalue weighted by molar-refractivity contribution is 5.85. The molecule has 3 rings (SSSR count). The molecule has 2 heteroatoms. The van der Waals surface area contributed by atoms with Gasteiger partial charge in [0, 0.05) is 19.8 Å². The third kappa shape index (κ3) is 2.72. The first-order chi connectivity index (χ1) is 9.83. The SMILES string of the molecule is CNCC1(Cc2cccc3ccccc23)CCOCC1. The maximum absolute atomic E-state index is 5.57. The van der Waals surface area contributed by atoms with Crippen molar-refractivity contribution in [3.8, 4) is 0 Å². The predicted molar refractivity (Wildman–Crippen MR) is 84.1 cm³/mol. The lowest BCUT2D eigenvalue weighted by atomic mass is 9.74. The Kier molecular flexibility index (Phi) is 4.04. The van der Waals surface area contributed by atoms with E-state index in [2.05, 4.69) is 54.8 Å². The van der Waals surface area contributed by atoms with Gasteiger partial charge in [-0.05, 0) is 48.1 Å². The predicted octanol–water partition coefficient (Wildman–Crippen LogP) is 3.40. The second kappa shape index (κ2) is 5.94. The molecule has 0 aromatic heterocycles. The molecule has 0 atom stereocenters. The minimum absolute atomic E-state index is 0.344. The topological polar surface area (TPSA) is 21.3 Å². The Morgan fingerprint density at radius 2 is 1.80 bits per heavy atom. The molecule has 2 nitrogen and oxygen atoms in total. The fraction of sp³-hybridized carbons (Fsp3) is 0.444. The summed E-state index contributed by atoms with van der Waals surface area (Å²) in [6.07, 6.45) is 3.44. The molecule has 0 aliphatic carbocycles. The zero-order chi connectivity index (χ0) is 13.8. The monoisotopic (exact) mass is 269 g/mol. The average Bonchev–Trinajstić information content (AvgIpc) is 2.49. The van der Waals surface area contributed by atoms with E-state index in [1.165, 1.54) is 16.3 Å². The van der Waals surface area contributed by atoms with Gasteiger partial charge in [-0.25, -0.2) is 0 Å². The third-order valence-electron chi connectivity index (χ3n) is 4.55. The van der Waals surface area contributed by atoms with Crippen LogP contribution in [-0.2, 0) is 11.2 Å². The number of fused-ring (bicyclic) bond motifs is 1. The summed E-state index contributed by atoms with van der Waals surface area (Å²) < 4.78 is 5.57. The summed E-state index contributed by atoms with van der Waals surface area (Å²) >= 11 is 0. The Labute approximate surface area is 121 Å². The van der Waals surface area contributed by atoms with E-state index in [1.807, 2.05) is 0 Å². The largest absolute Gasteiger partial charge is 0.381 e. The minimum atomic E-state index is 0.344. The summed E-state index contributed by atoms with van der Waals surface area (Å²) in [5.74, 6) is 0. The van der Waals surface area contributed by atoms with Gasteiger partial charge < -0.3 is 10.1 Å². The Morgan fingerprint density at radius 3 is 2.60 bits per heavy atom. The first-order valence-corrected chi connectivity index (χ1v) is 7.52. The van der Waals surface area contributed by atoms with E-state index in [1.54, 1.807) is 0 Å². The van der Waals surface area contributed by atoms with Crippen LogP contribution in [0.15, 0.2) is 42.5 Å². The van der Waals surface area contributed by atoms with E-state index < -0.39 is 0 Å². The van der Waals surface area contributed by atoms with Gasteiger partial charge in [0.1, 0.15) is 0 Å². The molecule has 0 spiro atoms. The molecule has 0 unspecified atom stereocenters. The van der Waals surface area contributed by atoms with Gasteiger partial charge in [-0.2, -0.15) is 0 Å². The molecule has 2 aromatic carbocycles. The molecule has 0 bridgehead atoms. The number of ether oxygens (including phenoxy) is 1. The number of nitrogens with one attached hydrogen (secondary N) is 1. The summed E-state index contributed by atoms with van der Waals surface area (Å²) in [6, 6.07) is 15.4. The van der Waals surface area contributed by atoms with Crippen molar-refractivity contribution in [3.05, 3.63) is 48.0 Å². The van der Waals surface area contributed by atoms with E-state index in [4.69, 9.17) is 4.74 Å². The molecule has 1 saturated heterocycles. The molecule has 1 aliphatic rings. The normalized spacial score (nSPS) is 18.2. The van der Waals surface area contributed by atoms with Crippen molar-refractivity contribution in [1.29, 1.82) is 0 Å². The lowest BCUT2D eigenvalue weighted by molar-refractivity contribution is 0.0160. The number of benzene rings is 2. The molecule has 0 amide bonds. The van der Waals surface area contributed by atoms with Gasteiger partial charge in [-0.1, -0.05) is 42.5 Å². The number of hydrogen-bond acceptors (Lipinski definition) is 2. The van der Waals surface area contributed by atoms with Crippen LogP contribution in [0.5, 0.6) is 0 Å². The van der Waals surface area contributed by atoms with Crippen molar-refractivity contribution in [2.24, 2.45) is 5.41 Å².